The Labute approximate surface area is 130 Å². The van der Waals surface area contributed by atoms with Crippen LogP contribution in [0.2, 0.25) is 0 Å². The van der Waals surface area contributed by atoms with Crippen molar-refractivity contribution in [3.8, 4) is 0 Å². The first-order valence-corrected chi connectivity index (χ1v) is 8.52. The minimum Gasteiger partial charge on any atom is -0.309 e. The Kier molecular flexibility index (Phi) is 5.83. The molecule has 1 aliphatic heterocycles. The maximum absolute atomic E-state index is 3.74. The van der Waals surface area contributed by atoms with Gasteiger partial charge in [0.2, 0.25) is 0 Å². The third-order valence-corrected chi connectivity index (χ3v) is 4.54. The van der Waals surface area contributed by atoms with E-state index in [0.717, 1.165) is 13.1 Å². The molecular formula is C19H32N2. The van der Waals surface area contributed by atoms with Gasteiger partial charge in [0.1, 0.15) is 0 Å². The van der Waals surface area contributed by atoms with Crippen LogP contribution in [0.4, 0.5) is 0 Å². The third-order valence-electron chi connectivity index (χ3n) is 4.54. The Hall–Kier alpha value is -0.860. The van der Waals surface area contributed by atoms with Crippen LogP contribution in [0, 0.1) is 12.3 Å². The van der Waals surface area contributed by atoms with Crippen LogP contribution in [-0.2, 0) is 0 Å². The number of benzene rings is 1. The fourth-order valence-electron chi connectivity index (χ4n) is 3.36. The van der Waals surface area contributed by atoms with E-state index in [1.807, 2.05) is 0 Å². The molecule has 1 fully saturated rings. The molecule has 1 saturated heterocycles. The molecule has 0 bridgehead atoms. The van der Waals surface area contributed by atoms with Gasteiger partial charge in [0, 0.05) is 19.1 Å². The van der Waals surface area contributed by atoms with Crippen LogP contribution in [0.15, 0.2) is 24.3 Å². The van der Waals surface area contributed by atoms with E-state index < -0.39 is 0 Å². The Morgan fingerprint density at radius 2 is 1.95 bits per heavy atom. The summed E-state index contributed by atoms with van der Waals surface area (Å²) in [6.45, 7) is 13.9. The number of aryl methyl sites for hydroxylation is 1. The summed E-state index contributed by atoms with van der Waals surface area (Å²) in [5, 5.41) is 3.74. The summed E-state index contributed by atoms with van der Waals surface area (Å²) < 4.78 is 0. The van der Waals surface area contributed by atoms with E-state index in [9.17, 15) is 0 Å². The zero-order chi connectivity index (χ0) is 15.3. The van der Waals surface area contributed by atoms with Crippen LogP contribution >= 0.6 is 0 Å². The first-order chi connectivity index (χ1) is 10.00. The molecule has 0 aromatic heterocycles. The van der Waals surface area contributed by atoms with Gasteiger partial charge in [-0.05, 0) is 50.3 Å². The van der Waals surface area contributed by atoms with Crippen molar-refractivity contribution in [1.82, 2.24) is 10.2 Å². The second-order valence-corrected chi connectivity index (χ2v) is 7.42. The molecule has 2 rings (SSSR count). The Balaban J connectivity index is 2.03. The number of nitrogens with one attached hydrogen (secondary N) is 1. The van der Waals surface area contributed by atoms with Crippen molar-refractivity contribution in [3.05, 3.63) is 35.4 Å². The van der Waals surface area contributed by atoms with Gasteiger partial charge in [0.05, 0.1) is 0 Å². The molecule has 0 amide bonds. The standard InChI is InChI=1S/C19H32N2/c1-5-12-20-18(17-9-7-16(2)8-10-17)14-21-13-6-11-19(3,4)15-21/h7-10,18,20H,5-6,11-15H2,1-4H3. The van der Waals surface area contributed by atoms with E-state index in [2.05, 4.69) is 62.2 Å². The second kappa shape index (κ2) is 7.42. The van der Waals surface area contributed by atoms with Gasteiger partial charge >= 0.3 is 0 Å². The van der Waals surface area contributed by atoms with Gasteiger partial charge in [-0.1, -0.05) is 50.6 Å². The van der Waals surface area contributed by atoms with Crippen molar-refractivity contribution < 1.29 is 0 Å². The molecule has 0 radical (unpaired) electrons. The number of piperidine rings is 1. The largest absolute Gasteiger partial charge is 0.309 e. The van der Waals surface area contributed by atoms with Gasteiger partial charge in [0.15, 0.2) is 0 Å². The van der Waals surface area contributed by atoms with E-state index in [4.69, 9.17) is 0 Å². The van der Waals surface area contributed by atoms with E-state index in [-0.39, 0.29) is 0 Å². The molecule has 0 spiro atoms. The highest BCUT2D eigenvalue weighted by Crippen LogP contribution is 2.29. The van der Waals surface area contributed by atoms with Crippen molar-refractivity contribution >= 4 is 0 Å². The Morgan fingerprint density at radius 1 is 1.24 bits per heavy atom. The monoisotopic (exact) mass is 288 g/mol. The summed E-state index contributed by atoms with van der Waals surface area (Å²) in [5.41, 5.74) is 3.24. The van der Waals surface area contributed by atoms with E-state index in [1.165, 1.54) is 43.5 Å². The zero-order valence-electron chi connectivity index (χ0n) is 14.3. The highest BCUT2D eigenvalue weighted by atomic mass is 15.2. The Bertz CT molecular complexity index is 422. The van der Waals surface area contributed by atoms with E-state index in [1.54, 1.807) is 0 Å². The molecule has 1 aromatic carbocycles. The first kappa shape index (κ1) is 16.5. The van der Waals surface area contributed by atoms with Gasteiger partial charge < -0.3 is 10.2 Å². The average molecular weight is 288 g/mol. The molecule has 1 heterocycles. The van der Waals surface area contributed by atoms with Crippen LogP contribution in [0.1, 0.15) is 57.2 Å². The predicted molar refractivity (Wildman–Crippen MR) is 91.7 cm³/mol. The topological polar surface area (TPSA) is 15.3 Å². The fraction of sp³-hybridized carbons (Fsp3) is 0.684. The van der Waals surface area contributed by atoms with Crippen LogP contribution in [-0.4, -0.2) is 31.1 Å². The Morgan fingerprint density at radius 3 is 2.57 bits per heavy atom. The minimum atomic E-state index is 0.458. The zero-order valence-corrected chi connectivity index (χ0v) is 14.3. The van der Waals surface area contributed by atoms with Gasteiger partial charge in [-0.25, -0.2) is 0 Å². The van der Waals surface area contributed by atoms with Crippen molar-refractivity contribution in [1.29, 1.82) is 0 Å². The van der Waals surface area contributed by atoms with Gasteiger partial charge in [-0.2, -0.15) is 0 Å². The second-order valence-electron chi connectivity index (χ2n) is 7.42. The summed E-state index contributed by atoms with van der Waals surface area (Å²) in [6, 6.07) is 9.50. The van der Waals surface area contributed by atoms with E-state index in [0.29, 0.717) is 11.5 Å². The third kappa shape index (κ3) is 5.12. The van der Waals surface area contributed by atoms with Crippen LogP contribution in [0.3, 0.4) is 0 Å². The van der Waals surface area contributed by atoms with Crippen LogP contribution in [0.5, 0.6) is 0 Å². The molecule has 118 valence electrons. The molecule has 1 atom stereocenters. The van der Waals surface area contributed by atoms with Crippen molar-refractivity contribution in [3.63, 3.8) is 0 Å². The van der Waals surface area contributed by atoms with Crippen molar-refractivity contribution in [2.75, 3.05) is 26.2 Å². The van der Waals surface area contributed by atoms with Gasteiger partial charge in [-0.15, -0.1) is 0 Å². The molecular weight excluding hydrogens is 256 g/mol. The fourth-order valence-corrected chi connectivity index (χ4v) is 3.36. The molecule has 1 N–H and O–H groups in total. The SMILES string of the molecule is CCCNC(CN1CCCC(C)(C)C1)c1ccc(C)cc1. The number of hydrogen-bond acceptors (Lipinski definition) is 2. The molecule has 2 nitrogen and oxygen atoms in total. The number of likely N-dealkylation sites (tertiary alicyclic amines) is 1. The van der Waals surface area contributed by atoms with Gasteiger partial charge in [0.25, 0.3) is 0 Å². The number of rotatable bonds is 6. The van der Waals surface area contributed by atoms with E-state index >= 15 is 0 Å². The molecule has 21 heavy (non-hydrogen) atoms. The molecule has 0 saturated carbocycles. The molecule has 1 aromatic rings. The minimum absolute atomic E-state index is 0.458. The smallest absolute Gasteiger partial charge is 0.0449 e. The number of hydrogen-bond donors (Lipinski definition) is 1. The van der Waals surface area contributed by atoms with Gasteiger partial charge in [-0.3, -0.25) is 0 Å². The molecule has 1 aliphatic rings. The lowest BCUT2D eigenvalue weighted by Gasteiger charge is -2.39. The summed E-state index contributed by atoms with van der Waals surface area (Å²) >= 11 is 0. The molecule has 1 unspecified atom stereocenters. The molecule has 2 heteroatoms. The maximum atomic E-state index is 3.74. The highest BCUT2D eigenvalue weighted by Gasteiger charge is 2.27. The average Bonchev–Trinajstić information content (AvgIpc) is 2.43. The predicted octanol–water partition coefficient (Wildman–Crippen LogP) is 4.16. The van der Waals surface area contributed by atoms with Crippen LogP contribution < -0.4 is 5.32 Å². The first-order valence-electron chi connectivity index (χ1n) is 8.52. The molecule has 0 aliphatic carbocycles. The van der Waals surface area contributed by atoms with Crippen molar-refractivity contribution in [2.24, 2.45) is 5.41 Å². The maximum Gasteiger partial charge on any atom is 0.0449 e. The lowest BCUT2D eigenvalue weighted by Crippen LogP contribution is -2.44. The summed E-state index contributed by atoms with van der Waals surface area (Å²) in [5.74, 6) is 0. The summed E-state index contributed by atoms with van der Waals surface area (Å²) in [6.07, 6.45) is 3.89. The number of nitrogens with zero attached hydrogens (tertiary/aromatic N) is 1. The van der Waals surface area contributed by atoms with Crippen LogP contribution in [0.25, 0.3) is 0 Å². The lowest BCUT2D eigenvalue weighted by molar-refractivity contribution is 0.107. The highest BCUT2D eigenvalue weighted by molar-refractivity contribution is 5.24. The quantitative estimate of drug-likeness (QED) is 0.845. The lowest BCUT2D eigenvalue weighted by atomic mass is 9.84. The summed E-state index contributed by atoms with van der Waals surface area (Å²) in [4.78, 5) is 2.65. The van der Waals surface area contributed by atoms with Crippen molar-refractivity contribution in [2.45, 2.75) is 53.0 Å². The summed E-state index contributed by atoms with van der Waals surface area (Å²) in [7, 11) is 0. The normalized spacial score (nSPS) is 20.4.